The number of carboxylic acid groups (broad SMARTS) is 3. The molecule has 0 aromatic carbocycles. The zero-order valence-electron chi connectivity index (χ0n) is 27.2. The summed E-state index contributed by atoms with van der Waals surface area (Å²) in [6.45, 7) is 7.17. The predicted molar refractivity (Wildman–Crippen MR) is 165 cm³/mol. The maximum absolute atomic E-state index is 13.2. The molecule has 0 saturated heterocycles. The van der Waals surface area contributed by atoms with Crippen molar-refractivity contribution in [1.82, 2.24) is 5.32 Å². The van der Waals surface area contributed by atoms with Gasteiger partial charge in [-0.15, -0.1) is 0 Å². The van der Waals surface area contributed by atoms with E-state index in [0.717, 1.165) is 38.5 Å². The van der Waals surface area contributed by atoms with E-state index in [2.05, 4.69) is 26.1 Å². The minimum atomic E-state index is -1.22. The van der Waals surface area contributed by atoms with Gasteiger partial charge in [0.05, 0.1) is 0 Å². The van der Waals surface area contributed by atoms with Crippen LogP contribution in [0.1, 0.15) is 117 Å². The van der Waals surface area contributed by atoms with Gasteiger partial charge in [-0.1, -0.05) is 20.8 Å². The van der Waals surface area contributed by atoms with Crippen LogP contribution in [0.2, 0.25) is 0 Å². The summed E-state index contributed by atoms with van der Waals surface area (Å²) in [4.78, 5) is 59.1. The number of aliphatic carboxylic acids is 3. The van der Waals surface area contributed by atoms with E-state index in [0.29, 0.717) is 35.5 Å². The molecule has 0 aromatic rings. The molecule has 0 bridgehead atoms. The van der Waals surface area contributed by atoms with Gasteiger partial charge in [0, 0.05) is 19.3 Å². The van der Waals surface area contributed by atoms with Gasteiger partial charge in [-0.2, -0.15) is 0 Å². The molecule has 0 spiro atoms. The van der Waals surface area contributed by atoms with Crippen molar-refractivity contribution in [2.75, 3.05) is 0 Å². The van der Waals surface area contributed by atoms with Crippen molar-refractivity contribution in [3.05, 3.63) is 0 Å². The summed E-state index contributed by atoms with van der Waals surface area (Å²) in [6.07, 6.45) is 9.45. The molecule has 0 unspecified atom stereocenters. The first-order chi connectivity index (χ1) is 21.2. The SMILES string of the molecule is C[C@H](CCC(=O)O)[C@H]1CC[C@H]2[C@@H]3CC[C@@H]4C[C@H](OC(=O)[C@H](CCC(=O)O)NC(=O)CC[C@H](N)C(=O)O)CC[C@]4(C)[C@H]3CC[C@]12C. The Hall–Kier alpha value is -2.69. The number of carbonyl (C=O) groups is 5. The first kappa shape index (κ1) is 35.2. The zero-order chi connectivity index (χ0) is 33.1. The van der Waals surface area contributed by atoms with E-state index >= 15 is 0 Å². The summed E-state index contributed by atoms with van der Waals surface area (Å²) in [5.74, 6) is -0.854. The highest BCUT2D eigenvalue weighted by atomic mass is 16.5. The minimum Gasteiger partial charge on any atom is -0.481 e. The number of nitrogens with one attached hydrogen (secondary N) is 1. The van der Waals surface area contributed by atoms with E-state index in [1.54, 1.807) is 0 Å². The van der Waals surface area contributed by atoms with Gasteiger partial charge < -0.3 is 31.1 Å². The second kappa shape index (κ2) is 14.4. The topological polar surface area (TPSA) is 193 Å². The molecule has 11 nitrogen and oxygen atoms in total. The van der Waals surface area contributed by atoms with Crippen LogP contribution in [0.5, 0.6) is 0 Å². The molecule has 11 atom stereocenters. The average Bonchev–Trinajstić information content (AvgIpc) is 3.34. The maximum Gasteiger partial charge on any atom is 0.328 e. The Bertz CT molecular complexity index is 1130. The van der Waals surface area contributed by atoms with E-state index in [1.165, 1.54) is 25.7 Å². The number of hydrogen-bond acceptors (Lipinski definition) is 7. The third-order valence-electron chi connectivity index (χ3n) is 12.7. The van der Waals surface area contributed by atoms with Crippen LogP contribution < -0.4 is 11.1 Å². The molecule has 0 heterocycles. The van der Waals surface area contributed by atoms with Crippen molar-refractivity contribution in [3.63, 3.8) is 0 Å². The Morgan fingerprint density at radius 2 is 1.47 bits per heavy atom. The summed E-state index contributed by atoms with van der Waals surface area (Å²) in [7, 11) is 0. The quantitative estimate of drug-likeness (QED) is 0.169. The normalized spacial score (nSPS) is 35.9. The Kier molecular flexibility index (Phi) is 11.2. The van der Waals surface area contributed by atoms with Crippen molar-refractivity contribution in [1.29, 1.82) is 0 Å². The second-order valence-electron chi connectivity index (χ2n) is 15.2. The molecule has 0 radical (unpaired) electrons. The van der Waals surface area contributed by atoms with Crippen LogP contribution in [0.25, 0.3) is 0 Å². The van der Waals surface area contributed by atoms with E-state index in [9.17, 15) is 34.2 Å². The molecule has 254 valence electrons. The summed E-state index contributed by atoms with van der Waals surface area (Å²) in [5.41, 5.74) is 5.92. The average molecular weight is 635 g/mol. The van der Waals surface area contributed by atoms with Crippen molar-refractivity contribution in [2.24, 2.45) is 52.1 Å². The largest absolute Gasteiger partial charge is 0.481 e. The Morgan fingerprint density at radius 3 is 2.13 bits per heavy atom. The zero-order valence-corrected chi connectivity index (χ0v) is 27.2. The van der Waals surface area contributed by atoms with Crippen LogP contribution in [-0.4, -0.2) is 63.3 Å². The number of rotatable bonds is 14. The number of nitrogens with two attached hydrogens (primary N) is 1. The first-order valence-electron chi connectivity index (χ1n) is 17.1. The second-order valence-corrected chi connectivity index (χ2v) is 15.2. The molecule has 6 N–H and O–H groups in total. The van der Waals surface area contributed by atoms with Crippen LogP contribution in [-0.2, 0) is 28.7 Å². The van der Waals surface area contributed by atoms with Crippen LogP contribution in [0.3, 0.4) is 0 Å². The van der Waals surface area contributed by atoms with Crippen LogP contribution in [0, 0.1) is 46.3 Å². The van der Waals surface area contributed by atoms with Gasteiger partial charge in [0.1, 0.15) is 18.2 Å². The number of carboxylic acids is 3. The lowest BCUT2D eigenvalue weighted by Crippen LogP contribution is -2.54. The van der Waals surface area contributed by atoms with Crippen LogP contribution >= 0.6 is 0 Å². The highest BCUT2D eigenvalue weighted by Gasteiger charge is 2.60. The van der Waals surface area contributed by atoms with Gasteiger partial charge in [-0.25, -0.2) is 4.79 Å². The molecule has 11 heteroatoms. The number of fused-ring (bicyclic) bond motifs is 5. The molecule has 4 fully saturated rings. The summed E-state index contributed by atoms with van der Waals surface area (Å²) < 4.78 is 5.94. The highest BCUT2D eigenvalue weighted by Crippen LogP contribution is 2.68. The van der Waals surface area contributed by atoms with Crippen molar-refractivity contribution < 1.29 is 44.0 Å². The minimum absolute atomic E-state index is 0.0999. The Balaban J connectivity index is 1.36. The molecule has 0 aliphatic heterocycles. The third-order valence-corrected chi connectivity index (χ3v) is 12.7. The van der Waals surface area contributed by atoms with Crippen LogP contribution in [0.15, 0.2) is 0 Å². The van der Waals surface area contributed by atoms with Crippen LogP contribution in [0.4, 0.5) is 0 Å². The lowest BCUT2D eigenvalue weighted by molar-refractivity contribution is -0.166. The van der Waals surface area contributed by atoms with E-state index < -0.39 is 41.9 Å². The molecule has 1 amide bonds. The monoisotopic (exact) mass is 634 g/mol. The van der Waals surface area contributed by atoms with Crippen molar-refractivity contribution >= 4 is 29.8 Å². The number of hydrogen-bond donors (Lipinski definition) is 5. The molecule has 4 aliphatic rings. The fraction of sp³-hybridized carbons (Fsp3) is 0.853. The van der Waals surface area contributed by atoms with Gasteiger partial charge in [0.25, 0.3) is 0 Å². The first-order valence-corrected chi connectivity index (χ1v) is 17.1. The van der Waals surface area contributed by atoms with Crippen molar-refractivity contribution in [3.8, 4) is 0 Å². The van der Waals surface area contributed by atoms with E-state index in [4.69, 9.17) is 15.6 Å². The molecule has 4 aliphatic carbocycles. The Labute approximate surface area is 266 Å². The Morgan fingerprint density at radius 1 is 0.822 bits per heavy atom. The molecule has 45 heavy (non-hydrogen) atoms. The maximum atomic E-state index is 13.2. The van der Waals surface area contributed by atoms with Gasteiger partial charge in [-0.05, 0) is 123 Å². The molecule has 0 aromatic heterocycles. The third kappa shape index (κ3) is 7.83. The summed E-state index contributed by atoms with van der Waals surface area (Å²) in [6, 6.07) is -2.32. The standard InChI is InChI=1S/C34H54N2O9/c1-19(4-12-29(38)39)23-7-8-24-22-6-5-20-18-21(14-16-33(20,2)25(22)15-17-34(23,24)3)45-32(44)27(10-13-30(40)41)36-28(37)11-9-26(35)31(42)43/h19-27H,4-18,35H2,1-3H3,(H,36,37)(H,38,39)(H,40,41)(H,42,43)/t19-,20-,21-,22+,23-,24+,25+,26+,27+,33+,34-/m1/s1. The molecule has 4 saturated carbocycles. The van der Waals surface area contributed by atoms with Gasteiger partial charge in [0.2, 0.25) is 5.91 Å². The van der Waals surface area contributed by atoms with Crippen molar-refractivity contribution in [2.45, 2.75) is 135 Å². The summed E-state index contributed by atoms with van der Waals surface area (Å²) >= 11 is 0. The number of amides is 1. The van der Waals surface area contributed by atoms with Gasteiger partial charge >= 0.3 is 23.9 Å². The lowest BCUT2D eigenvalue weighted by atomic mass is 9.44. The van der Waals surface area contributed by atoms with E-state index in [1.807, 2.05) is 0 Å². The molecular weight excluding hydrogens is 580 g/mol. The molecular formula is C34H54N2O9. The highest BCUT2D eigenvalue weighted by molar-refractivity contribution is 5.85. The van der Waals surface area contributed by atoms with E-state index in [-0.39, 0.29) is 49.0 Å². The lowest BCUT2D eigenvalue weighted by Gasteiger charge is -2.61. The van der Waals surface area contributed by atoms with Gasteiger partial charge in [0.15, 0.2) is 0 Å². The van der Waals surface area contributed by atoms with Gasteiger partial charge in [-0.3, -0.25) is 19.2 Å². The number of esters is 1. The number of ether oxygens (including phenoxy) is 1. The number of carbonyl (C=O) groups excluding carboxylic acids is 2. The smallest absolute Gasteiger partial charge is 0.328 e. The fourth-order valence-electron chi connectivity index (χ4n) is 10.3. The fourth-order valence-corrected chi connectivity index (χ4v) is 10.3. The predicted octanol–water partition coefficient (Wildman–Crippen LogP) is 4.60. The summed E-state index contributed by atoms with van der Waals surface area (Å²) in [5, 5.41) is 29.9. The molecule has 4 rings (SSSR count).